The third kappa shape index (κ3) is 4.32. The lowest BCUT2D eigenvalue weighted by Crippen LogP contribution is -2.26. The summed E-state index contributed by atoms with van der Waals surface area (Å²) in [5.74, 6) is 1.06. The zero-order valence-electron chi connectivity index (χ0n) is 17.7. The molecule has 4 aromatic rings. The SMILES string of the molecule is CN(Cc1cn(Cc2ccccc2Cl)nc1-c1ccccc1)C(=O)c1cc(C2CC2)on1. The van der Waals surface area contributed by atoms with E-state index in [-0.39, 0.29) is 5.91 Å². The van der Waals surface area contributed by atoms with Crippen molar-refractivity contribution in [3.63, 3.8) is 0 Å². The highest BCUT2D eigenvalue weighted by atomic mass is 35.5. The molecule has 1 saturated carbocycles. The molecule has 0 atom stereocenters. The molecule has 0 unspecified atom stereocenters. The molecule has 0 saturated heterocycles. The maximum absolute atomic E-state index is 13.0. The molecule has 0 aliphatic heterocycles. The van der Waals surface area contributed by atoms with E-state index in [9.17, 15) is 4.79 Å². The standard InChI is InChI=1S/C25H23ClN4O2/c1-29(25(31)22-13-23(32-28-22)17-11-12-17)14-20-16-30(15-19-9-5-6-10-21(19)26)27-24(20)18-7-3-2-4-8-18/h2-10,13,16-17H,11-12,14-15H2,1H3. The average Bonchev–Trinajstić information content (AvgIpc) is 3.41. The van der Waals surface area contributed by atoms with Crippen LogP contribution in [0.15, 0.2) is 71.4 Å². The zero-order valence-corrected chi connectivity index (χ0v) is 18.5. The summed E-state index contributed by atoms with van der Waals surface area (Å²) in [5.41, 5.74) is 4.13. The minimum atomic E-state index is -0.168. The second-order valence-corrected chi connectivity index (χ2v) is 8.62. The monoisotopic (exact) mass is 446 g/mol. The molecular weight excluding hydrogens is 424 g/mol. The fourth-order valence-electron chi connectivity index (χ4n) is 3.77. The molecule has 162 valence electrons. The normalized spacial score (nSPS) is 13.3. The Morgan fingerprint density at radius 2 is 1.88 bits per heavy atom. The minimum Gasteiger partial charge on any atom is -0.360 e. The first-order valence-electron chi connectivity index (χ1n) is 10.7. The maximum Gasteiger partial charge on any atom is 0.276 e. The van der Waals surface area contributed by atoms with Gasteiger partial charge in [-0.3, -0.25) is 9.48 Å². The van der Waals surface area contributed by atoms with Gasteiger partial charge in [-0.2, -0.15) is 5.10 Å². The van der Waals surface area contributed by atoms with Gasteiger partial charge in [-0.1, -0.05) is 65.3 Å². The molecule has 7 heteroatoms. The largest absolute Gasteiger partial charge is 0.360 e. The molecule has 1 aliphatic carbocycles. The van der Waals surface area contributed by atoms with Gasteiger partial charge in [0.1, 0.15) is 5.76 Å². The second kappa shape index (κ2) is 8.63. The maximum atomic E-state index is 13.0. The molecule has 32 heavy (non-hydrogen) atoms. The Kier molecular flexibility index (Phi) is 5.53. The Hall–Kier alpha value is -3.38. The molecule has 1 fully saturated rings. The summed E-state index contributed by atoms with van der Waals surface area (Å²) in [6, 6.07) is 19.5. The van der Waals surface area contributed by atoms with Crippen molar-refractivity contribution in [1.29, 1.82) is 0 Å². The zero-order chi connectivity index (χ0) is 22.1. The number of hydrogen-bond acceptors (Lipinski definition) is 4. The summed E-state index contributed by atoms with van der Waals surface area (Å²) >= 11 is 6.35. The first kappa shape index (κ1) is 20.5. The van der Waals surface area contributed by atoms with Crippen LogP contribution in [-0.4, -0.2) is 32.8 Å². The molecule has 2 aromatic heterocycles. The summed E-state index contributed by atoms with van der Waals surface area (Å²) in [7, 11) is 1.77. The number of hydrogen-bond donors (Lipinski definition) is 0. The molecule has 5 rings (SSSR count). The lowest BCUT2D eigenvalue weighted by molar-refractivity contribution is 0.0775. The van der Waals surface area contributed by atoms with E-state index < -0.39 is 0 Å². The van der Waals surface area contributed by atoms with Crippen molar-refractivity contribution in [3.05, 3.63) is 94.5 Å². The Morgan fingerprint density at radius 1 is 1.12 bits per heavy atom. The summed E-state index contributed by atoms with van der Waals surface area (Å²) in [5, 5.41) is 9.52. The first-order chi connectivity index (χ1) is 15.6. The van der Waals surface area contributed by atoms with Gasteiger partial charge in [0, 0.05) is 47.9 Å². The highest BCUT2D eigenvalue weighted by Gasteiger charge is 2.29. The Morgan fingerprint density at radius 3 is 2.62 bits per heavy atom. The molecule has 1 amide bonds. The van der Waals surface area contributed by atoms with Gasteiger partial charge in [-0.25, -0.2) is 0 Å². The summed E-state index contributed by atoms with van der Waals surface area (Å²) in [4.78, 5) is 14.6. The van der Waals surface area contributed by atoms with Crippen LogP contribution in [0.3, 0.4) is 0 Å². The number of halogens is 1. The van der Waals surface area contributed by atoms with E-state index in [0.29, 0.717) is 29.7 Å². The summed E-state index contributed by atoms with van der Waals surface area (Å²) in [6.45, 7) is 0.947. The quantitative estimate of drug-likeness (QED) is 0.382. The minimum absolute atomic E-state index is 0.168. The molecule has 1 aliphatic rings. The molecule has 2 heterocycles. The third-order valence-electron chi connectivity index (χ3n) is 5.66. The molecule has 0 radical (unpaired) electrons. The van der Waals surface area contributed by atoms with Gasteiger partial charge in [0.15, 0.2) is 5.69 Å². The Balaban J connectivity index is 1.41. The predicted octanol–water partition coefficient (Wildman–Crippen LogP) is 5.39. The van der Waals surface area contributed by atoms with E-state index in [1.807, 2.05) is 65.5 Å². The number of nitrogens with zero attached hydrogens (tertiary/aromatic N) is 4. The molecule has 0 spiro atoms. The van der Waals surface area contributed by atoms with Crippen molar-refractivity contribution in [2.24, 2.45) is 0 Å². The lowest BCUT2D eigenvalue weighted by atomic mass is 10.1. The van der Waals surface area contributed by atoms with Gasteiger partial charge in [-0.15, -0.1) is 0 Å². The number of benzene rings is 2. The van der Waals surface area contributed by atoms with E-state index in [1.54, 1.807) is 18.0 Å². The number of carbonyl (C=O) groups is 1. The van der Waals surface area contributed by atoms with Gasteiger partial charge in [0.25, 0.3) is 5.91 Å². The van der Waals surface area contributed by atoms with E-state index in [1.165, 1.54) is 0 Å². The van der Waals surface area contributed by atoms with E-state index in [2.05, 4.69) is 5.16 Å². The van der Waals surface area contributed by atoms with Gasteiger partial charge in [-0.05, 0) is 24.5 Å². The highest BCUT2D eigenvalue weighted by molar-refractivity contribution is 6.31. The number of amides is 1. The molecule has 0 N–H and O–H groups in total. The third-order valence-corrected chi connectivity index (χ3v) is 6.03. The van der Waals surface area contributed by atoms with Crippen molar-refractivity contribution in [2.75, 3.05) is 7.05 Å². The van der Waals surface area contributed by atoms with E-state index in [4.69, 9.17) is 21.2 Å². The van der Waals surface area contributed by atoms with Crippen LogP contribution in [0.2, 0.25) is 5.02 Å². The van der Waals surface area contributed by atoms with E-state index >= 15 is 0 Å². The summed E-state index contributed by atoms with van der Waals surface area (Å²) in [6.07, 6.45) is 4.18. The Labute approximate surface area is 191 Å². The molecule has 6 nitrogen and oxygen atoms in total. The molecule has 0 bridgehead atoms. The van der Waals surface area contributed by atoms with Crippen LogP contribution in [0.4, 0.5) is 0 Å². The van der Waals surface area contributed by atoms with Crippen LogP contribution in [0.1, 0.15) is 46.1 Å². The fraction of sp³-hybridized carbons (Fsp3) is 0.240. The summed E-state index contributed by atoms with van der Waals surface area (Å²) < 4.78 is 7.23. The number of aromatic nitrogens is 3. The van der Waals surface area contributed by atoms with Crippen LogP contribution < -0.4 is 0 Å². The average molecular weight is 447 g/mol. The van der Waals surface area contributed by atoms with Gasteiger partial charge in [0.05, 0.1) is 12.2 Å². The van der Waals surface area contributed by atoms with Gasteiger partial charge < -0.3 is 9.42 Å². The van der Waals surface area contributed by atoms with Crippen molar-refractivity contribution in [2.45, 2.75) is 31.8 Å². The number of rotatable bonds is 7. The topological polar surface area (TPSA) is 64.2 Å². The van der Waals surface area contributed by atoms with Crippen LogP contribution >= 0.6 is 11.6 Å². The molecule has 2 aromatic carbocycles. The van der Waals surface area contributed by atoms with Gasteiger partial charge >= 0.3 is 0 Å². The van der Waals surface area contributed by atoms with Crippen LogP contribution in [-0.2, 0) is 13.1 Å². The highest BCUT2D eigenvalue weighted by Crippen LogP contribution is 2.40. The van der Waals surface area contributed by atoms with Gasteiger partial charge in [0.2, 0.25) is 0 Å². The first-order valence-corrected chi connectivity index (χ1v) is 11.0. The molecular formula is C25H23ClN4O2. The van der Waals surface area contributed by atoms with Crippen LogP contribution in [0.5, 0.6) is 0 Å². The van der Waals surface area contributed by atoms with Crippen molar-refractivity contribution in [1.82, 2.24) is 19.8 Å². The Bertz CT molecular complexity index is 1240. The van der Waals surface area contributed by atoms with E-state index in [0.717, 1.165) is 41.0 Å². The van der Waals surface area contributed by atoms with Crippen molar-refractivity contribution >= 4 is 17.5 Å². The van der Waals surface area contributed by atoms with Crippen molar-refractivity contribution < 1.29 is 9.32 Å². The number of carbonyl (C=O) groups excluding carboxylic acids is 1. The second-order valence-electron chi connectivity index (χ2n) is 8.21. The fourth-order valence-corrected chi connectivity index (χ4v) is 3.97. The van der Waals surface area contributed by atoms with Crippen molar-refractivity contribution in [3.8, 4) is 11.3 Å². The van der Waals surface area contributed by atoms with Crippen LogP contribution in [0, 0.1) is 0 Å². The predicted molar refractivity (Wildman–Crippen MR) is 122 cm³/mol. The smallest absolute Gasteiger partial charge is 0.276 e. The lowest BCUT2D eigenvalue weighted by Gasteiger charge is -2.15. The van der Waals surface area contributed by atoms with Crippen LogP contribution in [0.25, 0.3) is 11.3 Å².